The van der Waals surface area contributed by atoms with E-state index in [-0.39, 0.29) is 42.1 Å². The topological polar surface area (TPSA) is 194 Å². The van der Waals surface area contributed by atoms with Gasteiger partial charge >= 0.3 is 6.18 Å². The van der Waals surface area contributed by atoms with Crippen LogP contribution >= 0.6 is 0 Å². The molecule has 3 N–H and O–H groups in total. The van der Waals surface area contributed by atoms with Crippen LogP contribution in [0, 0.1) is 0 Å². The van der Waals surface area contributed by atoms with Crippen molar-refractivity contribution in [2.45, 2.75) is 51.1 Å². The third kappa shape index (κ3) is 8.62. The molecular formula is C42H45F3N10O7. The summed E-state index contributed by atoms with van der Waals surface area (Å²) >= 11 is 0. The molecule has 0 saturated carbocycles. The number of anilines is 2. The van der Waals surface area contributed by atoms with Crippen molar-refractivity contribution >= 4 is 57.7 Å². The normalized spacial score (nSPS) is 19.3. The van der Waals surface area contributed by atoms with Crippen molar-refractivity contribution in [2.24, 2.45) is 0 Å². The van der Waals surface area contributed by atoms with Gasteiger partial charge in [0.1, 0.15) is 17.4 Å². The van der Waals surface area contributed by atoms with E-state index in [4.69, 9.17) is 0 Å². The highest BCUT2D eigenvalue weighted by Gasteiger charge is 2.46. The fourth-order valence-electron chi connectivity index (χ4n) is 8.42. The maximum Gasteiger partial charge on any atom is 0.433 e. The minimum atomic E-state index is -4.72. The Morgan fingerprint density at radius 3 is 2.29 bits per heavy atom. The molecule has 8 rings (SSSR count). The number of fused-ring (bicyclic) bond motifs is 2. The summed E-state index contributed by atoms with van der Waals surface area (Å²) < 4.78 is 41.5. The molecule has 1 atom stereocenters. The second kappa shape index (κ2) is 16.6. The molecule has 3 fully saturated rings. The predicted octanol–water partition coefficient (Wildman–Crippen LogP) is 2.30. The Hall–Kier alpha value is -6.25. The van der Waals surface area contributed by atoms with Crippen LogP contribution in [0.15, 0.2) is 54.7 Å². The number of aromatic nitrogens is 3. The zero-order valence-electron chi connectivity index (χ0n) is 34.1. The third-order valence-corrected chi connectivity index (χ3v) is 11.8. The smallest absolute Gasteiger partial charge is 0.386 e. The molecular weight excluding hydrogens is 814 g/mol. The van der Waals surface area contributed by atoms with Gasteiger partial charge in [-0.1, -0.05) is 12.1 Å². The number of piperazine rings is 2. The number of piperidine rings is 1. The summed E-state index contributed by atoms with van der Waals surface area (Å²) in [4.78, 5) is 90.2. The minimum Gasteiger partial charge on any atom is -0.386 e. The molecule has 0 bridgehead atoms. The van der Waals surface area contributed by atoms with E-state index in [9.17, 15) is 47.0 Å². The van der Waals surface area contributed by atoms with Crippen LogP contribution in [-0.2, 0) is 32.7 Å². The van der Waals surface area contributed by atoms with Gasteiger partial charge in [-0.25, -0.2) is 4.98 Å². The van der Waals surface area contributed by atoms with Crippen molar-refractivity contribution < 1.29 is 47.0 Å². The Morgan fingerprint density at radius 2 is 1.60 bits per heavy atom. The molecule has 6 amide bonds. The van der Waals surface area contributed by atoms with Gasteiger partial charge in [-0.3, -0.25) is 53.5 Å². The first-order chi connectivity index (χ1) is 29.4. The molecule has 0 spiro atoms. The SMILES string of the molecule is CC(C)(O)c1cc2nn(CCN3CCN(CC(=O)N4CCN(c5cccc6c5C(=O)N(C5CCC(=O)NC5=O)C6=O)CC4)CC3)cc2cc1NC(=O)c1cccc(C(F)(F)F)n1. The zero-order chi connectivity index (χ0) is 44.1. The summed E-state index contributed by atoms with van der Waals surface area (Å²) in [7, 11) is 0. The molecule has 4 aliphatic rings. The quantitative estimate of drug-likeness (QED) is 0.198. The van der Waals surface area contributed by atoms with E-state index in [1.54, 1.807) is 46.1 Å². The minimum absolute atomic E-state index is 0.00184. The number of alkyl halides is 3. The van der Waals surface area contributed by atoms with E-state index in [1.807, 2.05) is 4.90 Å². The van der Waals surface area contributed by atoms with Gasteiger partial charge in [-0.05, 0) is 56.7 Å². The Kier molecular flexibility index (Phi) is 11.3. The number of nitrogens with zero attached hydrogens (tertiary/aromatic N) is 8. The highest BCUT2D eigenvalue weighted by Crippen LogP contribution is 2.36. The Bertz CT molecular complexity index is 2470. The first-order valence-electron chi connectivity index (χ1n) is 20.4. The summed E-state index contributed by atoms with van der Waals surface area (Å²) in [5, 5.41) is 21.1. The molecule has 0 aliphatic carbocycles. The van der Waals surface area contributed by atoms with Crippen LogP contribution in [0.25, 0.3) is 10.9 Å². The van der Waals surface area contributed by atoms with Gasteiger partial charge in [0.25, 0.3) is 17.7 Å². The molecule has 62 heavy (non-hydrogen) atoms. The number of hydrogen-bond acceptors (Lipinski definition) is 12. The molecule has 6 heterocycles. The average Bonchev–Trinajstić information content (AvgIpc) is 3.76. The van der Waals surface area contributed by atoms with Gasteiger partial charge in [-0.2, -0.15) is 18.3 Å². The monoisotopic (exact) mass is 858 g/mol. The van der Waals surface area contributed by atoms with Crippen molar-refractivity contribution in [3.05, 3.63) is 82.8 Å². The molecule has 326 valence electrons. The van der Waals surface area contributed by atoms with Crippen molar-refractivity contribution in [1.82, 2.24) is 39.7 Å². The summed E-state index contributed by atoms with van der Waals surface area (Å²) in [5.41, 5.74) is -0.905. The van der Waals surface area contributed by atoms with Crippen LogP contribution in [0.4, 0.5) is 24.5 Å². The van der Waals surface area contributed by atoms with Crippen LogP contribution < -0.4 is 15.5 Å². The number of aliphatic hydroxyl groups is 1. The van der Waals surface area contributed by atoms with E-state index in [1.165, 1.54) is 19.9 Å². The molecule has 20 heteroatoms. The number of imide groups is 2. The van der Waals surface area contributed by atoms with Crippen LogP contribution in [0.1, 0.15) is 69.2 Å². The number of rotatable bonds is 10. The lowest BCUT2D eigenvalue weighted by Gasteiger charge is -2.39. The third-order valence-electron chi connectivity index (χ3n) is 11.8. The second-order valence-corrected chi connectivity index (χ2v) is 16.4. The zero-order valence-corrected chi connectivity index (χ0v) is 34.1. The highest BCUT2D eigenvalue weighted by atomic mass is 19.4. The molecule has 2 aromatic carbocycles. The fourth-order valence-corrected chi connectivity index (χ4v) is 8.42. The van der Waals surface area contributed by atoms with Crippen molar-refractivity contribution in [3.8, 4) is 0 Å². The van der Waals surface area contributed by atoms with E-state index >= 15 is 0 Å². The number of nitrogens with one attached hydrogen (secondary N) is 2. The summed E-state index contributed by atoms with van der Waals surface area (Å²) in [5.74, 6) is -3.09. The Morgan fingerprint density at radius 1 is 0.887 bits per heavy atom. The molecule has 1 unspecified atom stereocenters. The fraction of sp³-hybridized carbons (Fsp3) is 0.429. The van der Waals surface area contributed by atoms with Crippen LogP contribution in [-0.4, -0.2) is 146 Å². The van der Waals surface area contributed by atoms with E-state index in [0.717, 1.165) is 30.1 Å². The Balaban J connectivity index is 0.821. The maximum absolute atomic E-state index is 13.6. The number of halogens is 3. The number of pyridine rings is 1. The van der Waals surface area contributed by atoms with Gasteiger partial charge in [0.2, 0.25) is 17.7 Å². The number of benzene rings is 2. The number of hydrogen-bond donors (Lipinski definition) is 3. The number of amides is 6. The lowest BCUT2D eigenvalue weighted by molar-refractivity contribution is -0.141. The average molecular weight is 859 g/mol. The lowest BCUT2D eigenvalue weighted by atomic mass is 9.95. The molecule has 2 aromatic heterocycles. The second-order valence-electron chi connectivity index (χ2n) is 16.4. The Labute approximate surface area is 353 Å². The first-order valence-corrected chi connectivity index (χ1v) is 20.4. The lowest BCUT2D eigenvalue weighted by Crippen LogP contribution is -2.54. The summed E-state index contributed by atoms with van der Waals surface area (Å²) in [6.45, 7) is 9.11. The van der Waals surface area contributed by atoms with Crippen molar-refractivity contribution in [3.63, 3.8) is 0 Å². The molecule has 0 radical (unpaired) electrons. The molecule has 3 saturated heterocycles. The standard InChI is InChI=1S/C42H45F3N10O7/c1-41(2,62)27-22-29-25(21-30(27)47-37(58)28-6-4-8-33(46-28)42(43,44)45)23-54(49-29)20-15-50-11-13-51(14-12-50)24-35(57)53-18-16-52(17-19-53)31-7-3-5-26-36(31)40(61)55(39(26)60)32-9-10-34(56)48-38(32)59/h3-8,21-23,32,62H,9-20,24H2,1-2H3,(H,47,58)(H,48,56,59). The first kappa shape index (κ1) is 42.4. The van der Waals surface area contributed by atoms with E-state index < -0.39 is 58.7 Å². The highest BCUT2D eigenvalue weighted by molar-refractivity contribution is 6.25. The van der Waals surface area contributed by atoms with E-state index in [2.05, 4.69) is 30.5 Å². The van der Waals surface area contributed by atoms with Crippen LogP contribution in [0.3, 0.4) is 0 Å². The number of carbonyl (C=O) groups excluding carboxylic acids is 6. The van der Waals surface area contributed by atoms with Gasteiger partial charge in [0.05, 0.1) is 41.0 Å². The number of carbonyl (C=O) groups is 6. The summed E-state index contributed by atoms with van der Waals surface area (Å²) in [6, 6.07) is 10.3. The maximum atomic E-state index is 13.6. The predicted molar refractivity (Wildman–Crippen MR) is 217 cm³/mol. The van der Waals surface area contributed by atoms with Crippen LogP contribution in [0.5, 0.6) is 0 Å². The van der Waals surface area contributed by atoms with Gasteiger partial charge in [0, 0.05) is 88.2 Å². The van der Waals surface area contributed by atoms with Crippen molar-refractivity contribution in [1.29, 1.82) is 0 Å². The van der Waals surface area contributed by atoms with Gasteiger partial charge < -0.3 is 20.2 Å². The molecule has 4 aromatic rings. The van der Waals surface area contributed by atoms with Crippen molar-refractivity contribution in [2.75, 3.05) is 75.7 Å². The summed E-state index contributed by atoms with van der Waals surface area (Å²) in [6.07, 6.45) is -2.81. The largest absolute Gasteiger partial charge is 0.433 e. The molecule has 17 nitrogen and oxygen atoms in total. The molecule has 4 aliphatic heterocycles. The van der Waals surface area contributed by atoms with Gasteiger partial charge in [-0.15, -0.1) is 0 Å². The van der Waals surface area contributed by atoms with Crippen LogP contribution in [0.2, 0.25) is 0 Å². The van der Waals surface area contributed by atoms with Gasteiger partial charge in [0.15, 0.2) is 0 Å². The van der Waals surface area contributed by atoms with E-state index in [0.29, 0.717) is 74.5 Å².